The van der Waals surface area contributed by atoms with E-state index in [1.807, 2.05) is 31.9 Å². The van der Waals surface area contributed by atoms with Crippen molar-refractivity contribution in [3.63, 3.8) is 0 Å². The summed E-state index contributed by atoms with van der Waals surface area (Å²) in [7, 11) is 3.56. The summed E-state index contributed by atoms with van der Waals surface area (Å²) >= 11 is 0. The molecule has 1 aromatic rings. The number of hydrogen-bond acceptors (Lipinski definition) is 4. The summed E-state index contributed by atoms with van der Waals surface area (Å²) in [5.41, 5.74) is 7.39. The van der Waals surface area contributed by atoms with Crippen molar-refractivity contribution in [2.45, 2.75) is 13.8 Å². The zero-order chi connectivity index (χ0) is 13.0. The molecular weight excluding hydrogens is 216 g/mol. The monoisotopic (exact) mass is 236 g/mol. The van der Waals surface area contributed by atoms with Gasteiger partial charge in [-0.3, -0.25) is 4.79 Å². The molecule has 5 nitrogen and oxygen atoms in total. The third-order valence-electron chi connectivity index (χ3n) is 2.77. The van der Waals surface area contributed by atoms with Gasteiger partial charge in [-0.15, -0.1) is 0 Å². The highest BCUT2D eigenvalue weighted by Gasteiger charge is 2.14. The van der Waals surface area contributed by atoms with E-state index in [0.29, 0.717) is 12.2 Å². The van der Waals surface area contributed by atoms with Crippen LogP contribution in [0, 0.1) is 12.8 Å². The lowest BCUT2D eigenvalue weighted by atomic mass is 10.1. The number of aromatic nitrogens is 1. The van der Waals surface area contributed by atoms with E-state index in [0.717, 1.165) is 11.4 Å². The number of carbonyl (C=O) groups is 1. The van der Waals surface area contributed by atoms with Crippen molar-refractivity contribution >= 4 is 17.4 Å². The summed E-state index contributed by atoms with van der Waals surface area (Å²) in [6, 6.07) is 1.92. The maximum absolute atomic E-state index is 11.4. The van der Waals surface area contributed by atoms with Gasteiger partial charge < -0.3 is 16.0 Å². The van der Waals surface area contributed by atoms with Crippen LogP contribution in [0.25, 0.3) is 0 Å². The number of amides is 1. The predicted octanol–water partition coefficient (Wildman–Crippen LogP) is 0.791. The molecule has 1 unspecified atom stereocenters. The largest absolute Gasteiger partial charge is 0.397 e. The number of anilines is 2. The topological polar surface area (TPSA) is 71.2 Å². The number of hydrogen-bond donors (Lipinski definition) is 2. The molecule has 0 spiro atoms. The van der Waals surface area contributed by atoms with Crippen molar-refractivity contribution in [1.29, 1.82) is 0 Å². The average molecular weight is 236 g/mol. The summed E-state index contributed by atoms with van der Waals surface area (Å²) in [6.45, 7) is 4.45. The molecule has 1 aromatic heterocycles. The molecule has 0 aliphatic carbocycles. The Morgan fingerprint density at radius 1 is 1.65 bits per heavy atom. The lowest BCUT2D eigenvalue weighted by Crippen LogP contribution is -2.34. The van der Waals surface area contributed by atoms with Gasteiger partial charge in [0.15, 0.2) is 0 Å². The van der Waals surface area contributed by atoms with Gasteiger partial charge in [0.1, 0.15) is 5.82 Å². The number of nitrogens with one attached hydrogen (secondary N) is 1. The van der Waals surface area contributed by atoms with Gasteiger partial charge in [0.25, 0.3) is 0 Å². The molecule has 1 heterocycles. The predicted molar refractivity (Wildman–Crippen MR) is 69.9 cm³/mol. The summed E-state index contributed by atoms with van der Waals surface area (Å²) in [6.07, 6.45) is 1.64. The van der Waals surface area contributed by atoms with Crippen molar-refractivity contribution in [2.75, 3.05) is 31.3 Å². The Bertz CT molecular complexity index is 405. The van der Waals surface area contributed by atoms with E-state index in [-0.39, 0.29) is 11.8 Å². The molecule has 94 valence electrons. The molecule has 1 atom stereocenters. The Labute approximate surface area is 102 Å². The van der Waals surface area contributed by atoms with E-state index in [9.17, 15) is 4.79 Å². The number of aryl methyl sites for hydroxylation is 1. The molecule has 0 bridgehead atoms. The fourth-order valence-corrected chi connectivity index (χ4v) is 1.59. The third-order valence-corrected chi connectivity index (χ3v) is 2.77. The lowest BCUT2D eigenvalue weighted by Gasteiger charge is -2.22. The summed E-state index contributed by atoms with van der Waals surface area (Å²) in [4.78, 5) is 17.6. The maximum Gasteiger partial charge on any atom is 0.224 e. The highest BCUT2D eigenvalue weighted by atomic mass is 16.1. The zero-order valence-corrected chi connectivity index (χ0v) is 10.8. The number of nitrogens with two attached hydrogens (primary N) is 1. The number of nitrogens with zero attached hydrogens (tertiary/aromatic N) is 2. The van der Waals surface area contributed by atoms with E-state index >= 15 is 0 Å². The molecule has 1 rings (SSSR count). The summed E-state index contributed by atoms with van der Waals surface area (Å²) < 4.78 is 0. The molecule has 0 radical (unpaired) electrons. The Morgan fingerprint density at radius 2 is 2.29 bits per heavy atom. The van der Waals surface area contributed by atoms with E-state index < -0.39 is 0 Å². The number of nitrogen functional groups attached to an aromatic ring is 1. The first-order valence-electron chi connectivity index (χ1n) is 5.60. The van der Waals surface area contributed by atoms with Crippen molar-refractivity contribution < 1.29 is 4.79 Å². The second-order valence-electron chi connectivity index (χ2n) is 4.29. The highest BCUT2D eigenvalue weighted by molar-refractivity contribution is 5.78. The van der Waals surface area contributed by atoms with Crippen LogP contribution < -0.4 is 16.0 Å². The molecular formula is C12H20N4O. The highest BCUT2D eigenvalue weighted by Crippen LogP contribution is 2.16. The molecule has 5 heteroatoms. The van der Waals surface area contributed by atoms with Crippen LogP contribution in [0.15, 0.2) is 12.3 Å². The molecule has 0 aromatic carbocycles. The average Bonchev–Trinajstić information content (AvgIpc) is 2.31. The molecule has 1 amide bonds. The quantitative estimate of drug-likeness (QED) is 0.811. The van der Waals surface area contributed by atoms with Crippen LogP contribution in [0.3, 0.4) is 0 Å². The van der Waals surface area contributed by atoms with E-state index in [1.54, 1.807) is 13.2 Å². The summed E-state index contributed by atoms with van der Waals surface area (Å²) in [5, 5.41) is 2.64. The lowest BCUT2D eigenvalue weighted by molar-refractivity contribution is -0.123. The third kappa shape index (κ3) is 3.34. The van der Waals surface area contributed by atoms with Crippen LogP contribution in [0.2, 0.25) is 0 Å². The first-order chi connectivity index (χ1) is 7.95. The van der Waals surface area contributed by atoms with Gasteiger partial charge in [0, 0.05) is 20.6 Å². The Hall–Kier alpha value is -1.78. The Morgan fingerprint density at radius 3 is 2.82 bits per heavy atom. The maximum atomic E-state index is 11.4. The molecule has 0 saturated carbocycles. The number of pyridine rings is 1. The zero-order valence-electron chi connectivity index (χ0n) is 10.8. The van der Waals surface area contributed by atoms with Gasteiger partial charge in [0.05, 0.1) is 17.8 Å². The van der Waals surface area contributed by atoms with Crippen molar-refractivity contribution in [2.24, 2.45) is 5.92 Å². The van der Waals surface area contributed by atoms with Gasteiger partial charge in [-0.25, -0.2) is 4.98 Å². The van der Waals surface area contributed by atoms with Crippen molar-refractivity contribution in [3.8, 4) is 0 Å². The van der Waals surface area contributed by atoms with Crippen molar-refractivity contribution in [1.82, 2.24) is 10.3 Å². The smallest absolute Gasteiger partial charge is 0.224 e. The molecule has 0 aliphatic heterocycles. The van der Waals surface area contributed by atoms with Gasteiger partial charge in [-0.2, -0.15) is 0 Å². The van der Waals surface area contributed by atoms with Crippen LogP contribution in [-0.4, -0.2) is 31.5 Å². The Balaban J connectivity index is 2.72. The fraction of sp³-hybridized carbons (Fsp3) is 0.500. The van der Waals surface area contributed by atoms with Crippen LogP contribution in [-0.2, 0) is 4.79 Å². The minimum Gasteiger partial charge on any atom is -0.397 e. The van der Waals surface area contributed by atoms with Gasteiger partial charge in [0.2, 0.25) is 5.91 Å². The fourth-order valence-electron chi connectivity index (χ4n) is 1.59. The molecule has 17 heavy (non-hydrogen) atoms. The van der Waals surface area contributed by atoms with E-state index in [4.69, 9.17) is 5.73 Å². The molecule has 0 aliphatic rings. The van der Waals surface area contributed by atoms with Gasteiger partial charge in [-0.05, 0) is 18.6 Å². The molecule has 0 saturated heterocycles. The van der Waals surface area contributed by atoms with Gasteiger partial charge >= 0.3 is 0 Å². The number of rotatable bonds is 4. The van der Waals surface area contributed by atoms with Crippen LogP contribution in [0.5, 0.6) is 0 Å². The van der Waals surface area contributed by atoms with Crippen LogP contribution in [0.1, 0.15) is 12.5 Å². The second-order valence-corrected chi connectivity index (χ2v) is 4.29. The normalized spacial score (nSPS) is 12.0. The minimum atomic E-state index is -0.0790. The number of carbonyl (C=O) groups excluding carboxylic acids is 1. The standard InChI is InChI=1S/C12H20N4O/c1-8-5-11(15-6-10(8)13)16(4)7-9(2)12(17)14-3/h5-6,9H,7,13H2,1-4H3,(H,14,17). The molecule has 3 N–H and O–H groups in total. The summed E-state index contributed by atoms with van der Waals surface area (Å²) in [5.74, 6) is 0.779. The van der Waals surface area contributed by atoms with E-state index in [2.05, 4.69) is 10.3 Å². The van der Waals surface area contributed by atoms with E-state index in [1.165, 1.54) is 0 Å². The Kier molecular flexibility index (Phi) is 4.31. The second kappa shape index (κ2) is 5.52. The van der Waals surface area contributed by atoms with Crippen LogP contribution >= 0.6 is 0 Å². The first kappa shape index (κ1) is 13.3. The first-order valence-corrected chi connectivity index (χ1v) is 5.60. The van der Waals surface area contributed by atoms with Gasteiger partial charge in [-0.1, -0.05) is 6.92 Å². The van der Waals surface area contributed by atoms with Crippen LogP contribution in [0.4, 0.5) is 11.5 Å². The molecule has 0 fully saturated rings. The SMILES string of the molecule is CNC(=O)C(C)CN(C)c1cc(C)c(N)cn1. The van der Waals surface area contributed by atoms with Crippen molar-refractivity contribution in [3.05, 3.63) is 17.8 Å². The minimum absolute atomic E-state index is 0.0315.